The Kier molecular flexibility index (Phi) is 6.91. The van der Waals surface area contributed by atoms with E-state index in [1.165, 1.54) is 0 Å². The van der Waals surface area contributed by atoms with Crippen molar-refractivity contribution in [2.75, 3.05) is 19.7 Å². The highest BCUT2D eigenvalue weighted by atomic mass is 35.5. The molecule has 1 aliphatic heterocycles. The average molecular weight is 353 g/mol. The highest BCUT2D eigenvalue weighted by Gasteiger charge is 2.28. The highest BCUT2D eigenvalue weighted by molar-refractivity contribution is 6.30. The van der Waals surface area contributed by atoms with Gasteiger partial charge in [-0.3, -0.25) is 9.59 Å². The van der Waals surface area contributed by atoms with E-state index in [1.54, 1.807) is 24.3 Å². The minimum atomic E-state index is -0.482. The summed E-state index contributed by atoms with van der Waals surface area (Å²) in [6.07, 6.45) is 2.70. The van der Waals surface area contributed by atoms with Gasteiger partial charge in [-0.25, -0.2) is 0 Å². The first kappa shape index (κ1) is 18.6. The molecule has 6 heteroatoms. The van der Waals surface area contributed by atoms with Crippen LogP contribution in [0, 0.1) is 5.92 Å². The summed E-state index contributed by atoms with van der Waals surface area (Å²) in [6.45, 7) is 5.53. The van der Waals surface area contributed by atoms with Gasteiger partial charge in [0.15, 0.2) is 6.61 Å². The number of nitrogens with zero attached hydrogens (tertiary/aromatic N) is 1. The number of amides is 2. The molecule has 1 N–H and O–H groups in total. The van der Waals surface area contributed by atoms with Gasteiger partial charge in [0, 0.05) is 18.1 Å². The van der Waals surface area contributed by atoms with Gasteiger partial charge < -0.3 is 15.0 Å². The van der Waals surface area contributed by atoms with Gasteiger partial charge in [0.05, 0.1) is 0 Å². The lowest BCUT2D eigenvalue weighted by molar-refractivity contribution is -0.136. The summed E-state index contributed by atoms with van der Waals surface area (Å²) in [5.74, 6) is 0.615. The van der Waals surface area contributed by atoms with E-state index in [1.807, 2.05) is 18.7 Å². The second-order valence-corrected chi connectivity index (χ2v) is 6.96. The van der Waals surface area contributed by atoms with Crippen LogP contribution in [0.25, 0.3) is 0 Å². The van der Waals surface area contributed by atoms with Gasteiger partial charge in [-0.05, 0) is 49.4 Å². The number of nitrogens with one attached hydrogen (secondary N) is 1. The number of hydrogen-bond acceptors (Lipinski definition) is 3. The summed E-state index contributed by atoms with van der Waals surface area (Å²) in [6, 6.07) is 6.33. The molecule has 0 bridgehead atoms. The lowest BCUT2D eigenvalue weighted by atomic mass is 10.0. The quantitative estimate of drug-likeness (QED) is 0.820. The van der Waals surface area contributed by atoms with Crippen molar-refractivity contribution in [1.82, 2.24) is 10.2 Å². The van der Waals surface area contributed by atoms with Gasteiger partial charge in [-0.1, -0.05) is 25.4 Å². The molecule has 0 spiro atoms. The smallest absolute Gasteiger partial charge is 0.258 e. The maximum Gasteiger partial charge on any atom is 0.258 e. The van der Waals surface area contributed by atoms with Crippen LogP contribution in [0.2, 0.25) is 5.02 Å². The van der Waals surface area contributed by atoms with E-state index in [0.717, 1.165) is 25.9 Å². The van der Waals surface area contributed by atoms with E-state index in [4.69, 9.17) is 16.3 Å². The van der Waals surface area contributed by atoms with Crippen molar-refractivity contribution in [2.24, 2.45) is 5.92 Å². The van der Waals surface area contributed by atoms with E-state index in [0.29, 0.717) is 23.1 Å². The first-order chi connectivity index (χ1) is 11.5. The number of benzene rings is 1. The molecule has 1 saturated heterocycles. The van der Waals surface area contributed by atoms with Gasteiger partial charge in [-0.15, -0.1) is 0 Å². The summed E-state index contributed by atoms with van der Waals surface area (Å²) in [5, 5.41) is 3.44. The number of rotatable bonds is 7. The highest BCUT2D eigenvalue weighted by Crippen LogP contribution is 2.16. The van der Waals surface area contributed by atoms with Crippen LogP contribution in [0.3, 0.4) is 0 Å². The molecule has 24 heavy (non-hydrogen) atoms. The molecular weight excluding hydrogens is 328 g/mol. The van der Waals surface area contributed by atoms with Gasteiger partial charge >= 0.3 is 0 Å². The standard InChI is InChI=1S/C18H25ClN2O3/c1-13(2)11-16(18(23)21-9-3-4-10-21)20-17(22)12-24-15-7-5-14(19)6-8-15/h5-8,13,16H,3-4,9-12H2,1-2H3,(H,20,22)/t16-/m1/s1. The number of carbonyl (C=O) groups excluding carboxylic acids is 2. The van der Waals surface area contributed by atoms with Gasteiger partial charge in [0.2, 0.25) is 5.91 Å². The fourth-order valence-corrected chi connectivity index (χ4v) is 2.89. The topological polar surface area (TPSA) is 58.6 Å². The molecule has 1 aromatic carbocycles. The predicted octanol–water partition coefficient (Wildman–Crippen LogP) is 2.87. The second kappa shape index (κ2) is 8.92. The largest absolute Gasteiger partial charge is 0.484 e. The minimum Gasteiger partial charge on any atom is -0.484 e. The van der Waals surface area contributed by atoms with Crippen LogP contribution in [0.4, 0.5) is 0 Å². The van der Waals surface area contributed by atoms with Crippen molar-refractivity contribution < 1.29 is 14.3 Å². The zero-order valence-corrected chi connectivity index (χ0v) is 15.0. The Bertz CT molecular complexity index is 554. The molecular formula is C18H25ClN2O3. The van der Waals surface area contributed by atoms with Crippen LogP contribution in [0.15, 0.2) is 24.3 Å². The van der Waals surface area contributed by atoms with Crippen molar-refractivity contribution in [2.45, 2.75) is 39.2 Å². The van der Waals surface area contributed by atoms with Gasteiger partial charge in [-0.2, -0.15) is 0 Å². The molecule has 1 atom stereocenters. The molecule has 1 heterocycles. The van der Waals surface area contributed by atoms with E-state index in [9.17, 15) is 9.59 Å². The Morgan fingerprint density at radius 3 is 2.42 bits per heavy atom. The summed E-state index contributed by atoms with van der Waals surface area (Å²) in [7, 11) is 0. The molecule has 1 fully saturated rings. The third-order valence-corrected chi connectivity index (χ3v) is 4.19. The number of hydrogen-bond donors (Lipinski definition) is 1. The fourth-order valence-electron chi connectivity index (χ4n) is 2.77. The number of likely N-dealkylation sites (tertiary alicyclic amines) is 1. The van der Waals surface area contributed by atoms with Crippen molar-refractivity contribution in [3.05, 3.63) is 29.3 Å². The number of halogens is 1. The molecule has 1 aliphatic rings. The number of carbonyl (C=O) groups is 2. The Balaban J connectivity index is 1.88. The lowest BCUT2D eigenvalue weighted by Gasteiger charge is -2.25. The van der Waals surface area contributed by atoms with Crippen molar-refractivity contribution in [3.8, 4) is 5.75 Å². The van der Waals surface area contributed by atoms with Crippen LogP contribution in [-0.4, -0.2) is 42.5 Å². The first-order valence-electron chi connectivity index (χ1n) is 8.42. The average Bonchev–Trinajstić information content (AvgIpc) is 3.07. The van der Waals surface area contributed by atoms with Crippen LogP contribution >= 0.6 is 11.6 Å². The zero-order chi connectivity index (χ0) is 17.5. The zero-order valence-electron chi connectivity index (χ0n) is 14.3. The van der Waals surface area contributed by atoms with Crippen molar-refractivity contribution in [3.63, 3.8) is 0 Å². The lowest BCUT2D eigenvalue weighted by Crippen LogP contribution is -2.49. The molecule has 2 rings (SSSR count). The van der Waals surface area contributed by atoms with Gasteiger partial charge in [0.1, 0.15) is 11.8 Å². The van der Waals surface area contributed by atoms with E-state index >= 15 is 0 Å². The summed E-state index contributed by atoms with van der Waals surface area (Å²) < 4.78 is 5.44. The maximum atomic E-state index is 12.6. The van der Waals surface area contributed by atoms with Crippen LogP contribution in [-0.2, 0) is 9.59 Å². The Labute approximate surface area is 148 Å². The van der Waals surface area contributed by atoms with Crippen LogP contribution in [0.1, 0.15) is 33.1 Å². The predicted molar refractivity (Wildman–Crippen MR) is 94.1 cm³/mol. The Morgan fingerprint density at radius 1 is 1.21 bits per heavy atom. The molecule has 5 nitrogen and oxygen atoms in total. The summed E-state index contributed by atoms with van der Waals surface area (Å²) in [5.41, 5.74) is 0. The molecule has 0 unspecified atom stereocenters. The number of ether oxygens (including phenoxy) is 1. The third kappa shape index (κ3) is 5.71. The van der Waals surface area contributed by atoms with Crippen molar-refractivity contribution >= 4 is 23.4 Å². The van der Waals surface area contributed by atoms with E-state index < -0.39 is 6.04 Å². The Hall–Kier alpha value is -1.75. The molecule has 0 aliphatic carbocycles. The maximum absolute atomic E-state index is 12.6. The summed E-state index contributed by atoms with van der Waals surface area (Å²) >= 11 is 5.81. The molecule has 1 aromatic rings. The monoisotopic (exact) mass is 352 g/mol. The SMILES string of the molecule is CC(C)C[C@@H](NC(=O)COc1ccc(Cl)cc1)C(=O)N1CCCC1. The summed E-state index contributed by atoms with van der Waals surface area (Å²) in [4.78, 5) is 26.6. The molecule has 2 amide bonds. The molecule has 132 valence electrons. The van der Waals surface area contributed by atoms with Crippen molar-refractivity contribution in [1.29, 1.82) is 0 Å². The van der Waals surface area contributed by atoms with E-state index in [-0.39, 0.29) is 18.4 Å². The molecule has 0 radical (unpaired) electrons. The third-order valence-electron chi connectivity index (χ3n) is 3.94. The normalized spacial score (nSPS) is 15.4. The van der Waals surface area contributed by atoms with E-state index in [2.05, 4.69) is 5.32 Å². The molecule has 0 saturated carbocycles. The fraction of sp³-hybridized carbons (Fsp3) is 0.556. The first-order valence-corrected chi connectivity index (χ1v) is 8.80. The second-order valence-electron chi connectivity index (χ2n) is 6.52. The van der Waals surface area contributed by atoms with Crippen LogP contribution in [0.5, 0.6) is 5.75 Å². The minimum absolute atomic E-state index is 0.0149. The Morgan fingerprint density at radius 2 is 1.83 bits per heavy atom. The molecule has 0 aromatic heterocycles. The van der Waals surface area contributed by atoms with Gasteiger partial charge in [0.25, 0.3) is 5.91 Å². The van der Waals surface area contributed by atoms with Crippen LogP contribution < -0.4 is 10.1 Å².